The number of nitrogens with zero attached hydrogens (tertiary/aromatic N) is 5. The van der Waals surface area contributed by atoms with Crippen LogP contribution < -0.4 is 9.64 Å². The van der Waals surface area contributed by atoms with Crippen molar-refractivity contribution in [1.29, 1.82) is 0 Å². The highest BCUT2D eigenvalue weighted by Crippen LogP contribution is 2.14. The minimum Gasteiger partial charge on any atom is -0.473 e. The molecule has 6 nitrogen and oxygen atoms in total. The molecular weight excluding hydrogens is 290 g/mol. The quantitative estimate of drug-likeness (QED) is 0.700. The molecule has 3 aromatic rings. The van der Waals surface area contributed by atoms with Crippen molar-refractivity contribution < 1.29 is 4.74 Å². The van der Waals surface area contributed by atoms with E-state index in [2.05, 4.69) is 15.0 Å². The molecule has 0 saturated carbocycles. The second kappa shape index (κ2) is 6.91. The van der Waals surface area contributed by atoms with E-state index in [-0.39, 0.29) is 0 Å². The van der Waals surface area contributed by atoms with Crippen molar-refractivity contribution >= 4 is 5.95 Å². The van der Waals surface area contributed by atoms with E-state index in [1.165, 1.54) is 0 Å². The molecule has 0 unspecified atom stereocenters. The van der Waals surface area contributed by atoms with E-state index in [0.29, 0.717) is 25.0 Å². The molecule has 0 spiro atoms. The zero-order valence-electron chi connectivity index (χ0n) is 13.3. The third kappa shape index (κ3) is 3.85. The SMILES string of the molecule is CN(Cc1nccn1C)c1nccc(OCc2ccccc2)n1. The molecule has 3 rings (SSSR count). The van der Waals surface area contributed by atoms with Gasteiger partial charge >= 0.3 is 0 Å². The first-order valence-corrected chi connectivity index (χ1v) is 7.39. The maximum atomic E-state index is 5.74. The van der Waals surface area contributed by atoms with Gasteiger partial charge in [0.15, 0.2) is 0 Å². The van der Waals surface area contributed by atoms with Gasteiger partial charge in [-0.05, 0) is 5.56 Å². The summed E-state index contributed by atoms with van der Waals surface area (Å²) in [6.45, 7) is 1.12. The first-order chi connectivity index (χ1) is 11.2. The Morgan fingerprint density at radius 2 is 1.91 bits per heavy atom. The minimum atomic E-state index is 0.486. The summed E-state index contributed by atoms with van der Waals surface area (Å²) >= 11 is 0. The molecule has 0 saturated heterocycles. The van der Waals surface area contributed by atoms with Crippen LogP contribution in [0.1, 0.15) is 11.4 Å². The van der Waals surface area contributed by atoms with Crippen LogP contribution in [0.5, 0.6) is 5.88 Å². The molecule has 0 atom stereocenters. The summed E-state index contributed by atoms with van der Waals surface area (Å²) < 4.78 is 7.72. The van der Waals surface area contributed by atoms with E-state index >= 15 is 0 Å². The van der Waals surface area contributed by atoms with Gasteiger partial charge in [0.05, 0.1) is 6.54 Å². The van der Waals surface area contributed by atoms with E-state index in [4.69, 9.17) is 4.74 Å². The molecule has 6 heteroatoms. The minimum absolute atomic E-state index is 0.486. The normalized spacial score (nSPS) is 10.5. The first-order valence-electron chi connectivity index (χ1n) is 7.39. The van der Waals surface area contributed by atoms with Crippen LogP contribution in [0.3, 0.4) is 0 Å². The highest BCUT2D eigenvalue weighted by molar-refractivity contribution is 5.31. The van der Waals surface area contributed by atoms with Gasteiger partial charge in [0.25, 0.3) is 0 Å². The Kier molecular flexibility index (Phi) is 4.52. The van der Waals surface area contributed by atoms with Crippen LogP contribution in [0, 0.1) is 0 Å². The number of imidazole rings is 1. The molecule has 0 bridgehead atoms. The number of benzene rings is 1. The van der Waals surface area contributed by atoms with Crippen LogP contribution in [0.4, 0.5) is 5.95 Å². The van der Waals surface area contributed by atoms with Gasteiger partial charge in [0, 0.05) is 38.8 Å². The lowest BCUT2D eigenvalue weighted by Crippen LogP contribution is -2.21. The maximum absolute atomic E-state index is 5.74. The maximum Gasteiger partial charge on any atom is 0.228 e. The highest BCUT2D eigenvalue weighted by atomic mass is 16.5. The van der Waals surface area contributed by atoms with Crippen LogP contribution in [-0.4, -0.2) is 26.6 Å². The van der Waals surface area contributed by atoms with Crippen LogP contribution >= 0.6 is 0 Å². The summed E-state index contributed by atoms with van der Waals surface area (Å²) in [7, 11) is 3.90. The Morgan fingerprint density at radius 1 is 1.09 bits per heavy atom. The largest absolute Gasteiger partial charge is 0.473 e. The molecule has 0 N–H and O–H groups in total. The summed E-state index contributed by atoms with van der Waals surface area (Å²) in [5.41, 5.74) is 1.11. The molecule has 23 heavy (non-hydrogen) atoms. The number of hydrogen-bond acceptors (Lipinski definition) is 5. The van der Waals surface area contributed by atoms with E-state index in [0.717, 1.165) is 11.4 Å². The monoisotopic (exact) mass is 309 g/mol. The summed E-state index contributed by atoms with van der Waals surface area (Å²) in [4.78, 5) is 15.0. The Balaban J connectivity index is 1.66. The first kappa shape index (κ1) is 15.0. The Hall–Kier alpha value is -2.89. The molecule has 118 valence electrons. The number of rotatable bonds is 6. The van der Waals surface area contributed by atoms with Gasteiger partial charge < -0.3 is 14.2 Å². The number of aryl methyl sites for hydroxylation is 1. The summed E-state index contributed by atoms with van der Waals surface area (Å²) in [5, 5.41) is 0. The van der Waals surface area contributed by atoms with Crippen molar-refractivity contribution in [3.63, 3.8) is 0 Å². The van der Waals surface area contributed by atoms with Gasteiger partial charge in [-0.25, -0.2) is 9.97 Å². The van der Waals surface area contributed by atoms with Crippen LogP contribution in [0.15, 0.2) is 55.0 Å². The summed E-state index contributed by atoms with van der Waals surface area (Å²) in [5.74, 6) is 2.12. The van der Waals surface area contributed by atoms with Crippen LogP contribution in [-0.2, 0) is 20.2 Å². The molecule has 0 aliphatic carbocycles. The van der Waals surface area contributed by atoms with Crippen molar-refractivity contribution in [3.8, 4) is 5.88 Å². The number of hydrogen-bond donors (Lipinski definition) is 0. The molecular formula is C17H19N5O. The van der Waals surface area contributed by atoms with E-state index in [1.807, 2.05) is 60.1 Å². The van der Waals surface area contributed by atoms with Gasteiger partial charge in [0.1, 0.15) is 12.4 Å². The van der Waals surface area contributed by atoms with Crippen molar-refractivity contribution in [2.45, 2.75) is 13.2 Å². The van der Waals surface area contributed by atoms with Crippen LogP contribution in [0.25, 0.3) is 0 Å². The lowest BCUT2D eigenvalue weighted by atomic mass is 10.2. The fourth-order valence-corrected chi connectivity index (χ4v) is 2.16. The van der Waals surface area contributed by atoms with E-state index in [9.17, 15) is 0 Å². The third-order valence-corrected chi connectivity index (χ3v) is 3.49. The number of aromatic nitrogens is 4. The third-order valence-electron chi connectivity index (χ3n) is 3.49. The van der Waals surface area contributed by atoms with Gasteiger partial charge in [-0.1, -0.05) is 30.3 Å². The fraction of sp³-hybridized carbons (Fsp3) is 0.235. The standard InChI is InChI=1S/C17H19N5O/c1-21-11-10-18-15(21)12-22(2)17-19-9-8-16(20-17)23-13-14-6-4-3-5-7-14/h3-11H,12-13H2,1-2H3. The molecule has 0 radical (unpaired) electrons. The summed E-state index contributed by atoms with van der Waals surface area (Å²) in [6.07, 6.45) is 5.41. The Bertz CT molecular complexity index is 756. The molecule has 1 aromatic carbocycles. The lowest BCUT2D eigenvalue weighted by molar-refractivity contribution is 0.293. The van der Waals surface area contributed by atoms with E-state index < -0.39 is 0 Å². The van der Waals surface area contributed by atoms with Crippen molar-refractivity contribution in [1.82, 2.24) is 19.5 Å². The highest BCUT2D eigenvalue weighted by Gasteiger charge is 2.09. The molecule has 0 fully saturated rings. The van der Waals surface area contributed by atoms with Gasteiger partial charge in [-0.3, -0.25) is 0 Å². The lowest BCUT2D eigenvalue weighted by Gasteiger charge is -2.17. The summed E-state index contributed by atoms with van der Waals surface area (Å²) in [6, 6.07) is 11.8. The Labute approximate surface area is 135 Å². The van der Waals surface area contributed by atoms with E-state index in [1.54, 1.807) is 18.5 Å². The van der Waals surface area contributed by atoms with Crippen molar-refractivity contribution in [2.75, 3.05) is 11.9 Å². The second-order valence-corrected chi connectivity index (χ2v) is 5.28. The van der Waals surface area contributed by atoms with Crippen molar-refractivity contribution in [3.05, 3.63) is 66.4 Å². The molecule has 2 heterocycles. The predicted octanol–water partition coefficient (Wildman–Crippen LogP) is 2.43. The second-order valence-electron chi connectivity index (χ2n) is 5.28. The molecule has 2 aromatic heterocycles. The Morgan fingerprint density at radius 3 is 2.65 bits per heavy atom. The topological polar surface area (TPSA) is 56.1 Å². The average Bonchev–Trinajstić information content (AvgIpc) is 2.99. The average molecular weight is 309 g/mol. The zero-order chi connectivity index (χ0) is 16.1. The van der Waals surface area contributed by atoms with Crippen molar-refractivity contribution in [2.24, 2.45) is 7.05 Å². The number of ether oxygens (including phenoxy) is 1. The smallest absolute Gasteiger partial charge is 0.228 e. The van der Waals surface area contributed by atoms with Crippen LogP contribution in [0.2, 0.25) is 0 Å². The fourth-order valence-electron chi connectivity index (χ4n) is 2.16. The zero-order valence-corrected chi connectivity index (χ0v) is 13.3. The molecule has 0 aliphatic rings. The van der Waals surface area contributed by atoms with Gasteiger partial charge in [-0.2, -0.15) is 4.98 Å². The predicted molar refractivity (Wildman–Crippen MR) is 88.1 cm³/mol. The van der Waals surface area contributed by atoms with Gasteiger partial charge in [-0.15, -0.1) is 0 Å². The number of anilines is 1. The molecule has 0 aliphatic heterocycles. The molecule has 0 amide bonds. The van der Waals surface area contributed by atoms with Gasteiger partial charge in [0.2, 0.25) is 11.8 Å².